The number of hydrogen-bond acceptors (Lipinski definition) is 5. The molecule has 1 N–H and O–H groups in total. The normalized spacial score (nSPS) is 17.2. The van der Waals surface area contributed by atoms with Crippen molar-refractivity contribution in [3.05, 3.63) is 70.1 Å². The number of nitrogens with zero attached hydrogens (tertiary/aromatic N) is 4. The van der Waals surface area contributed by atoms with Crippen LogP contribution in [0.2, 0.25) is 0 Å². The van der Waals surface area contributed by atoms with Crippen LogP contribution in [0.4, 0.5) is 0 Å². The van der Waals surface area contributed by atoms with E-state index in [-0.39, 0.29) is 17.4 Å². The highest BCUT2D eigenvalue weighted by molar-refractivity contribution is 5.91. The van der Waals surface area contributed by atoms with Gasteiger partial charge in [-0.15, -0.1) is 0 Å². The van der Waals surface area contributed by atoms with Gasteiger partial charge in [0.05, 0.1) is 12.2 Å². The maximum absolute atomic E-state index is 12.8. The highest BCUT2D eigenvalue weighted by atomic mass is 16.4. The van der Waals surface area contributed by atoms with Crippen LogP contribution < -0.4 is 5.56 Å². The molecule has 8 heteroatoms. The molecule has 3 aromatic heterocycles. The van der Waals surface area contributed by atoms with Crippen molar-refractivity contribution in [1.29, 1.82) is 0 Å². The third kappa shape index (κ3) is 3.84. The molecule has 0 aliphatic carbocycles. The number of aryl methyl sites for hydroxylation is 1. The van der Waals surface area contributed by atoms with Gasteiger partial charge >= 0.3 is 0 Å². The molecule has 1 saturated heterocycles. The van der Waals surface area contributed by atoms with Crippen LogP contribution >= 0.6 is 0 Å². The maximum Gasteiger partial charge on any atom is 0.289 e. The molecule has 1 aliphatic rings. The summed E-state index contributed by atoms with van der Waals surface area (Å²) in [5.41, 5.74) is 0.586. The van der Waals surface area contributed by atoms with Gasteiger partial charge < -0.3 is 14.3 Å². The highest BCUT2D eigenvalue weighted by Crippen LogP contribution is 2.26. The largest absolute Gasteiger partial charge is 0.454 e. The Labute approximate surface area is 155 Å². The number of carbonyl (C=O) groups is 1. The Bertz CT molecular complexity index is 989. The molecule has 4 heterocycles. The number of furan rings is 1. The van der Waals surface area contributed by atoms with E-state index in [2.05, 4.69) is 15.1 Å². The van der Waals surface area contributed by atoms with Gasteiger partial charge in [0.1, 0.15) is 11.6 Å². The molecule has 3 aromatic rings. The minimum atomic E-state index is -0.157. The molecule has 4 rings (SSSR count). The molecule has 0 bridgehead atoms. The number of aromatic amines is 1. The quantitative estimate of drug-likeness (QED) is 0.760. The Morgan fingerprint density at radius 3 is 3.07 bits per heavy atom. The van der Waals surface area contributed by atoms with E-state index >= 15 is 0 Å². The van der Waals surface area contributed by atoms with Crippen LogP contribution in [0.15, 0.2) is 45.9 Å². The van der Waals surface area contributed by atoms with Crippen LogP contribution in [0, 0.1) is 6.92 Å². The van der Waals surface area contributed by atoms with Gasteiger partial charge in [-0.05, 0) is 38.0 Å². The average Bonchev–Trinajstić information content (AvgIpc) is 3.33. The first kappa shape index (κ1) is 17.3. The van der Waals surface area contributed by atoms with E-state index in [1.807, 2.05) is 12.3 Å². The molecule has 1 amide bonds. The smallest absolute Gasteiger partial charge is 0.289 e. The average molecular weight is 367 g/mol. The number of aromatic nitrogens is 4. The van der Waals surface area contributed by atoms with Gasteiger partial charge in [-0.1, -0.05) is 0 Å². The number of carbonyl (C=O) groups excluding carboxylic acids is 1. The maximum atomic E-state index is 12.8. The van der Waals surface area contributed by atoms with Crippen LogP contribution in [0.3, 0.4) is 0 Å². The van der Waals surface area contributed by atoms with Crippen LogP contribution in [0.1, 0.15) is 46.6 Å². The molecule has 1 unspecified atom stereocenters. The second-order valence-electron chi connectivity index (χ2n) is 6.82. The van der Waals surface area contributed by atoms with Crippen molar-refractivity contribution in [2.75, 3.05) is 13.1 Å². The summed E-state index contributed by atoms with van der Waals surface area (Å²) in [4.78, 5) is 33.5. The first-order valence-electron chi connectivity index (χ1n) is 9.02. The van der Waals surface area contributed by atoms with Gasteiger partial charge in [0.25, 0.3) is 11.5 Å². The van der Waals surface area contributed by atoms with Gasteiger partial charge in [0, 0.05) is 37.5 Å². The fraction of sp³-hybridized carbons (Fsp3) is 0.368. The Hall–Kier alpha value is -3.16. The molecule has 1 aliphatic heterocycles. The Morgan fingerprint density at radius 2 is 2.30 bits per heavy atom. The number of hydrogen-bond donors (Lipinski definition) is 1. The van der Waals surface area contributed by atoms with Gasteiger partial charge in [-0.2, -0.15) is 5.10 Å². The molecular weight excluding hydrogens is 346 g/mol. The van der Waals surface area contributed by atoms with E-state index in [1.165, 1.54) is 6.07 Å². The monoisotopic (exact) mass is 367 g/mol. The fourth-order valence-corrected chi connectivity index (χ4v) is 3.50. The number of amides is 1. The Balaban J connectivity index is 1.47. The number of H-pyrrole nitrogens is 1. The summed E-state index contributed by atoms with van der Waals surface area (Å²) in [6, 6.07) is 6.88. The van der Waals surface area contributed by atoms with Crippen LogP contribution in [-0.2, 0) is 6.54 Å². The summed E-state index contributed by atoms with van der Waals surface area (Å²) in [5.74, 6) is 1.53. The lowest BCUT2D eigenvalue weighted by atomic mass is 9.94. The standard InChI is InChI=1S/C19H21N5O3/c1-13-21-16(10-18(25)22-13)14-4-2-8-23(11-14)19(26)17-6-5-15(27-17)12-24-9-3-7-20-24/h3,5-7,9-10,14H,2,4,8,11-12H2,1H3,(H,21,22,25). The lowest BCUT2D eigenvalue weighted by Crippen LogP contribution is -2.39. The number of rotatable bonds is 4. The van der Waals surface area contributed by atoms with Gasteiger partial charge in [0.2, 0.25) is 0 Å². The van der Waals surface area contributed by atoms with E-state index in [4.69, 9.17) is 4.42 Å². The second-order valence-corrected chi connectivity index (χ2v) is 6.82. The van der Waals surface area contributed by atoms with Crippen LogP contribution in [0.5, 0.6) is 0 Å². The predicted molar refractivity (Wildman–Crippen MR) is 97.5 cm³/mol. The zero-order chi connectivity index (χ0) is 18.8. The second kappa shape index (κ2) is 7.22. The van der Waals surface area contributed by atoms with Crippen LogP contribution in [0.25, 0.3) is 0 Å². The molecule has 0 aromatic carbocycles. The van der Waals surface area contributed by atoms with Gasteiger partial charge in [-0.3, -0.25) is 14.3 Å². The van der Waals surface area contributed by atoms with E-state index in [0.717, 1.165) is 18.5 Å². The summed E-state index contributed by atoms with van der Waals surface area (Å²) < 4.78 is 7.47. The summed E-state index contributed by atoms with van der Waals surface area (Å²) in [6.45, 7) is 3.45. The van der Waals surface area contributed by atoms with Crippen LogP contribution in [-0.4, -0.2) is 43.6 Å². The zero-order valence-corrected chi connectivity index (χ0v) is 15.1. The Kier molecular flexibility index (Phi) is 4.62. The zero-order valence-electron chi connectivity index (χ0n) is 15.1. The third-order valence-electron chi connectivity index (χ3n) is 4.76. The molecule has 1 atom stereocenters. The molecule has 140 valence electrons. The summed E-state index contributed by atoms with van der Waals surface area (Å²) >= 11 is 0. The highest BCUT2D eigenvalue weighted by Gasteiger charge is 2.28. The van der Waals surface area contributed by atoms with Crippen molar-refractivity contribution in [2.24, 2.45) is 0 Å². The van der Waals surface area contributed by atoms with Crippen molar-refractivity contribution < 1.29 is 9.21 Å². The lowest BCUT2D eigenvalue weighted by Gasteiger charge is -2.32. The van der Waals surface area contributed by atoms with Crippen molar-refractivity contribution >= 4 is 5.91 Å². The summed E-state index contributed by atoms with van der Waals surface area (Å²) in [5, 5.41) is 4.14. The SMILES string of the molecule is Cc1nc(C2CCCN(C(=O)c3ccc(Cn4cccn4)o3)C2)cc(=O)[nH]1. The first-order valence-corrected chi connectivity index (χ1v) is 9.02. The predicted octanol–water partition coefficient (Wildman–Crippen LogP) is 1.94. The Morgan fingerprint density at radius 1 is 1.41 bits per heavy atom. The molecule has 0 radical (unpaired) electrons. The minimum absolute atomic E-state index is 0.0576. The topological polar surface area (TPSA) is 97.0 Å². The van der Waals surface area contributed by atoms with E-state index in [0.29, 0.717) is 37.0 Å². The number of nitrogens with one attached hydrogen (secondary N) is 1. The summed E-state index contributed by atoms with van der Waals surface area (Å²) in [7, 11) is 0. The van der Waals surface area contributed by atoms with Gasteiger partial charge in [0.15, 0.2) is 5.76 Å². The first-order chi connectivity index (χ1) is 13.1. The van der Waals surface area contributed by atoms with Crippen molar-refractivity contribution in [3.63, 3.8) is 0 Å². The lowest BCUT2D eigenvalue weighted by molar-refractivity contribution is 0.0671. The molecular formula is C19H21N5O3. The molecule has 27 heavy (non-hydrogen) atoms. The minimum Gasteiger partial charge on any atom is -0.454 e. The molecule has 8 nitrogen and oxygen atoms in total. The van der Waals surface area contributed by atoms with E-state index < -0.39 is 0 Å². The van der Waals surface area contributed by atoms with E-state index in [1.54, 1.807) is 34.8 Å². The number of piperidine rings is 1. The van der Waals surface area contributed by atoms with Crippen molar-refractivity contribution in [2.45, 2.75) is 32.2 Å². The van der Waals surface area contributed by atoms with Crippen molar-refractivity contribution in [3.8, 4) is 0 Å². The van der Waals surface area contributed by atoms with Gasteiger partial charge in [-0.25, -0.2) is 4.98 Å². The summed E-state index contributed by atoms with van der Waals surface area (Å²) in [6.07, 6.45) is 5.32. The fourth-order valence-electron chi connectivity index (χ4n) is 3.50. The molecule has 0 saturated carbocycles. The third-order valence-corrected chi connectivity index (χ3v) is 4.76. The van der Waals surface area contributed by atoms with E-state index in [9.17, 15) is 9.59 Å². The molecule has 0 spiro atoms. The molecule has 1 fully saturated rings. The van der Waals surface area contributed by atoms with Crippen molar-refractivity contribution in [1.82, 2.24) is 24.6 Å². The number of likely N-dealkylation sites (tertiary alicyclic amines) is 1.